The van der Waals surface area contributed by atoms with Crippen LogP contribution in [0.1, 0.15) is 34.3 Å². The number of aliphatic hydroxyl groups is 1. The summed E-state index contributed by atoms with van der Waals surface area (Å²) < 4.78 is 41.1. The highest BCUT2D eigenvalue weighted by molar-refractivity contribution is 7.09. The van der Waals surface area contributed by atoms with Crippen molar-refractivity contribution < 1.29 is 23.1 Å². The summed E-state index contributed by atoms with van der Waals surface area (Å²) in [6, 6.07) is 17.8. The molecule has 0 unspecified atom stereocenters. The van der Waals surface area contributed by atoms with Gasteiger partial charge in [-0.3, -0.25) is 4.79 Å². The number of halogens is 3. The molecule has 2 atom stereocenters. The Morgan fingerprint density at radius 3 is 2.23 bits per heavy atom. The highest BCUT2D eigenvalue weighted by Crippen LogP contribution is 2.43. The Bertz CT molecular complexity index is 977. The van der Waals surface area contributed by atoms with E-state index >= 15 is 0 Å². The van der Waals surface area contributed by atoms with E-state index in [4.69, 9.17) is 0 Å². The van der Waals surface area contributed by atoms with Gasteiger partial charge in [0.1, 0.15) is 5.01 Å². The molecule has 30 heavy (non-hydrogen) atoms. The first-order valence-electron chi connectivity index (χ1n) is 9.29. The van der Waals surface area contributed by atoms with Gasteiger partial charge in [0.05, 0.1) is 12.5 Å². The second-order valence-corrected chi connectivity index (χ2v) is 7.91. The van der Waals surface area contributed by atoms with E-state index in [1.54, 1.807) is 24.3 Å². The Morgan fingerprint density at radius 1 is 1.10 bits per heavy atom. The van der Waals surface area contributed by atoms with Crippen molar-refractivity contribution in [2.45, 2.75) is 37.6 Å². The monoisotopic (exact) mass is 434 g/mol. The quantitative estimate of drug-likeness (QED) is 0.567. The molecule has 0 aliphatic rings. The number of nitrogens with zero attached hydrogens (tertiary/aromatic N) is 1. The number of rotatable bonds is 7. The summed E-state index contributed by atoms with van der Waals surface area (Å²) in [7, 11) is 0. The average Bonchev–Trinajstić information content (AvgIpc) is 3.15. The molecule has 4 nitrogen and oxygen atoms in total. The predicted molar refractivity (Wildman–Crippen MR) is 109 cm³/mol. The fraction of sp³-hybridized carbons (Fsp3) is 0.273. The highest BCUT2D eigenvalue weighted by atomic mass is 32.1. The molecule has 1 heterocycles. The summed E-state index contributed by atoms with van der Waals surface area (Å²) in [5.41, 5.74) is -1.31. The maximum absolute atomic E-state index is 13.7. The Hall–Kier alpha value is -2.71. The molecule has 2 aromatic carbocycles. The average molecular weight is 434 g/mol. The van der Waals surface area contributed by atoms with Gasteiger partial charge in [-0.05, 0) is 24.5 Å². The molecule has 0 radical (unpaired) electrons. The summed E-state index contributed by atoms with van der Waals surface area (Å²) in [4.78, 5) is 16.4. The van der Waals surface area contributed by atoms with Crippen molar-refractivity contribution in [1.29, 1.82) is 0 Å². The first kappa shape index (κ1) is 22.0. The number of carbonyl (C=O) groups excluding carboxylic acids is 1. The molecule has 2 N–H and O–H groups in total. The molecular formula is C22H21F3N2O2S. The first-order chi connectivity index (χ1) is 14.2. The fourth-order valence-corrected chi connectivity index (χ4v) is 4.02. The molecule has 0 aliphatic heterocycles. The zero-order valence-corrected chi connectivity index (χ0v) is 17.0. The van der Waals surface area contributed by atoms with E-state index in [2.05, 4.69) is 10.3 Å². The molecule has 0 spiro atoms. The van der Waals surface area contributed by atoms with Crippen LogP contribution in [0.3, 0.4) is 0 Å². The number of amides is 1. The van der Waals surface area contributed by atoms with Gasteiger partial charge < -0.3 is 10.4 Å². The second-order valence-electron chi connectivity index (χ2n) is 7.05. The van der Waals surface area contributed by atoms with Gasteiger partial charge in [-0.2, -0.15) is 13.2 Å². The number of benzene rings is 2. The maximum Gasteiger partial charge on any atom is 0.424 e. The van der Waals surface area contributed by atoms with Gasteiger partial charge in [-0.15, -0.1) is 11.3 Å². The van der Waals surface area contributed by atoms with Gasteiger partial charge in [0.25, 0.3) is 0 Å². The molecule has 158 valence electrons. The minimum atomic E-state index is -5.05. The molecule has 0 fully saturated rings. The fourth-order valence-electron chi connectivity index (χ4n) is 3.11. The molecule has 1 amide bonds. The zero-order chi connectivity index (χ0) is 21.8. The molecule has 3 rings (SSSR count). The van der Waals surface area contributed by atoms with Crippen molar-refractivity contribution >= 4 is 17.2 Å². The Morgan fingerprint density at radius 2 is 1.70 bits per heavy atom. The van der Waals surface area contributed by atoms with Crippen molar-refractivity contribution in [1.82, 2.24) is 10.3 Å². The van der Waals surface area contributed by atoms with E-state index < -0.39 is 35.2 Å². The van der Waals surface area contributed by atoms with Crippen LogP contribution < -0.4 is 5.32 Å². The Kier molecular flexibility index (Phi) is 6.58. The maximum atomic E-state index is 13.7. The largest absolute Gasteiger partial charge is 0.424 e. The van der Waals surface area contributed by atoms with Crippen molar-refractivity contribution in [2.75, 3.05) is 0 Å². The lowest BCUT2D eigenvalue weighted by Gasteiger charge is -2.29. The van der Waals surface area contributed by atoms with Crippen LogP contribution in [0.15, 0.2) is 66.0 Å². The Balaban J connectivity index is 1.84. The van der Waals surface area contributed by atoms with Gasteiger partial charge in [0.15, 0.2) is 0 Å². The number of hydrogen-bond acceptors (Lipinski definition) is 4. The molecule has 3 aromatic rings. The zero-order valence-electron chi connectivity index (χ0n) is 16.2. The van der Waals surface area contributed by atoms with Crippen molar-refractivity contribution in [2.24, 2.45) is 0 Å². The predicted octanol–water partition coefficient (Wildman–Crippen LogP) is 4.69. The van der Waals surface area contributed by atoms with Crippen LogP contribution >= 0.6 is 11.3 Å². The van der Waals surface area contributed by atoms with E-state index in [-0.39, 0.29) is 0 Å². The topological polar surface area (TPSA) is 62.2 Å². The number of nitrogens with one attached hydrogen (secondary N) is 1. The van der Waals surface area contributed by atoms with Crippen LogP contribution in [0.5, 0.6) is 0 Å². The van der Waals surface area contributed by atoms with E-state index in [0.717, 1.165) is 11.1 Å². The molecule has 8 heteroatoms. The highest BCUT2D eigenvalue weighted by Gasteiger charge is 2.58. The van der Waals surface area contributed by atoms with Crippen molar-refractivity contribution in [3.8, 4) is 0 Å². The van der Waals surface area contributed by atoms with E-state index in [0.29, 0.717) is 23.5 Å². The normalized spacial score (nSPS) is 14.7. The standard InChI is InChI=1S/C22H21F3N2O2S/c1-15-14-30-20(26-15)21(29,22(23,24)25)13-19(28)27-18(17-10-6-3-7-11-17)12-16-8-4-2-5-9-16/h2-11,14,18,29H,12-13H2,1H3,(H,27,28)/t18-,21-/m0/s1. The van der Waals surface area contributed by atoms with Crippen molar-refractivity contribution in [3.05, 3.63) is 87.9 Å². The number of thiazole rings is 1. The van der Waals surface area contributed by atoms with Gasteiger partial charge >= 0.3 is 6.18 Å². The van der Waals surface area contributed by atoms with Crippen LogP contribution in [0.2, 0.25) is 0 Å². The molecule has 0 aliphatic carbocycles. The number of alkyl halides is 3. The number of aryl methyl sites for hydroxylation is 1. The molecule has 0 saturated carbocycles. The lowest BCUT2D eigenvalue weighted by Crippen LogP contribution is -2.46. The summed E-state index contributed by atoms with van der Waals surface area (Å²) in [6.07, 6.45) is -5.81. The van der Waals surface area contributed by atoms with Crippen LogP contribution in [0, 0.1) is 6.92 Å². The van der Waals surface area contributed by atoms with E-state index in [1.165, 1.54) is 12.3 Å². The van der Waals surface area contributed by atoms with Gasteiger partial charge in [0.2, 0.25) is 11.5 Å². The molecule has 0 bridgehead atoms. The third-order valence-corrected chi connectivity index (χ3v) is 5.79. The van der Waals surface area contributed by atoms with Crippen LogP contribution in [-0.4, -0.2) is 22.2 Å². The summed E-state index contributed by atoms with van der Waals surface area (Å²) >= 11 is 0.682. The SMILES string of the molecule is Cc1csc([C@@](O)(CC(=O)N[C@@H](Cc2ccccc2)c2ccccc2)C(F)(F)F)n1. The number of aromatic nitrogens is 1. The van der Waals surface area contributed by atoms with Gasteiger partial charge in [-0.1, -0.05) is 60.7 Å². The minimum absolute atomic E-state index is 0.351. The third-order valence-electron chi connectivity index (χ3n) is 4.68. The smallest absolute Gasteiger partial charge is 0.374 e. The summed E-state index contributed by atoms with van der Waals surface area (Å²) in [5.74, 6) is -0.910. The second kappa shape index (κ2) is 8.97. The van der Waals surface area contributed by atoms with Crippen LogP contribution in [0.25, 0.3) is 0 Å². The molecule has 0 saturated heterocycles. The third kappa shape index (κ3) is 5.06. The van der Waals surface area contributed by atoms with Gasteiger partial charge in [-0.25, -0.2) is 4.98 Å². The first-order valence-corrected chi connectivity index (χ1v) is 10.2. The minimum Gasteiger partial charge on any atom is -0.374 e. The van der Waals surface area contributed by atoms with E-state index in [9.17, 15) is 23.1 Å². The van der Waals surface area contributed by atoms with Crippen LogP contribution in [-0.2, 0) is 16.8 Å². The Labute approximate surface area is 176 Å². The van der Waals surface area contributed by atoms with Crippen LogP contribution in [0.4, 0.5) is 13.2 Å². The molecular weight excluding hydrogens is 413 g/mol. The summed E-state index contributed by atoms with van der Waals surface area (Å²) in [5, 5.41) is 14.0. The van der Waals surface area contributed by atoms with E-state index in [1.807, 2.05) is 36.4 Å². The number of carbonyl (C=O) groups is 1. The van der Waals surface area contributed by atoms with Crippen molar-refractivity contribution in [3.63, 3.8) is 0 Å². The molecule has 1 aromatic heterocycles. The lowest BCUT2D eigenvalue weighted by atomic mass is 9.96. The lowest BCUT2D eigenvalue weighted by molar-refractivity contribution is -0.267. The van der Waals surface area contributed by atoms with Gasteiger partial charge in [0, 0.05) is 11.1 Å². The number of hydrogen-bond donors (Lipinski definition) is 2. The summed E-state index contributed by atoms with van der Waals surface area (Å²) in [6.45, 7) is 1.53.